The van der Waals surface area contributed by atoms with Gasteiger partial charge in [-0.05, 0) is 43.0 Å². The highest BCUT2D eigenvalue weighted by Gasteiger charge is 2.30. The molecule has 1 amide bonds. The molecule has 1 aromatic carbocycles. The smallest absolute Gasteiger partial charge is 0.289 e. The van der Waals surface area contributed by atoms with Gasteiger partial charge in [-0.1, -0.05) is 31.4 Å². The summed E-state index contributed by atoms with van der Waals surface area (Å²) in [6.45, 7) is 3.33. The van der Waals surface area contributed by atoms with Crippen LogP contribution in [-0.4, -0.2) is 68.7 Å². The minimum Gasteiger partial charge on any atom is -0.333 e. The molecule has 180 valence electrons. The predicted octanol–water partition coefficient (Wildman–Crippen LogP) is 4.36. The SMILES string of the molecule is O=C1CCc2cc(-c3nc(C(=O)N4CCN(C5CCCCC5)CC4)[nH]c3-c3ccncc3)ccc21. The zero-order valence-electron chi connectivity index (χ0n) is 20.0. The summed E-state index contributed by atoms with van der Waals surface area (Å²) in [5.41, 5.74) is 5.26. The fourth-order valence-corrected chi connectivity index (χ4v) is 5.90. The number of hydrogen-bond donors (Lipinski definition) is 1. The van der Waals surface area contributed by atoms with Gasteiger partial charge in [0.2, 0.25) is 0 Å². The van der Waals surface area contributed by atoms with Crippen LogP contribution in [0.3, 0.4) is 0 Å². The number of hydrogen-bond acceptors (Lipinski definition) is 5. The molecular weight excluding hydrogens is 438 g/mol. The van der Waals surface area contributed by atoms with Gasteiger partial charge >= 0.3 is 0 Å². The molecule has 7 nitrogen and oxygen atoms in total. The zero-order valence-corrected chi connectivity index (χ0v) is 20.0. The van der Waals surface area contributed by atoms with Gasteiger partial charge in [0.25, 0.3) is 5.91 Å². The molecule has 2 fully saturated rings. The summed E-state index contributed by atoms with van der Waals surface area (Å²) >= 11 is 0. The number of rotatable bonds is 4. The largest absolute Gasteiger partial charge is 0.333 e. The maximum atomic E-state index is 13.5. The van der Waals surface area contributed by atoms with E-state index in [-0.39, 0.29) is 11.7 Å². The molecule has 0 radical (unpaired) electrons. The number of piperazine rings is 1. The summed E-state index contributed by atoms with van der Waals surface area (Å²) in [6, 6.07) is 10.4. The van der Waals surface area contributed by atoms with Crippen molar-refractivity contribution in [1.82, 2.24) is 24.8 Å². The van der Waals surface area contributed by atoms with E-state index < -0.39 is 0 Å². The van der Waals surface area contributed by atoms with Crippen LogP contribution < -0.4 is 0 Å². The molecule has 0 atom stereocenters. The molecule has 2 aromatic heterocycles. The number of carbonyl (C=O) groups excluding carboxylic acids is 2. The van der Waals surface area contributed by atoms with Crippen LogP contribution in [0.4, 0.5) is 0 Å². The number of pyridine rings is 1. The molecule has 1 aliphatic heterocycles. The van der Waals surface area contributed by atoms with Crippen LogP contribution in [0.15, 0.2) is 42.7 Å². The second-order valence-electron chi connectivity index (χ2n) is 9.96. The van der Waals surface area contributed by atoms with E-state index in [9.17, 15) is 9.59 Å². The predicted molar refractivity (Wildman–Crippen MR) is 134 cm³/mol. The van der Waals surface area contributed by atoms with Gasteiger partial charge in [-0.15, -0.1) is 0 Å². The number of fused-ring (bicyclic) bond motifs is 1. The Labute approximate surface area is 205 Å². The van der Waals surface area contributed by atoms with Crippen molar-refractivity contribution in [2.75, 3.05) is 26.2 Å². The number of amides is 1. The van der Waals surface area contributed by atoms with Crippen molar-refractivity contribution in [2.45, 2.75) is 51.0 Å². The number of aromatic amines is 1. The lowest BCUT2D eigenvalue weighted by Crippen LogP contribution is -2.52. The summed E-state index contributed by atoms with van der Waals surface area (Å²) in [4.78, 5) is 42.4. The summed E-state index contributed by atoms with van der Waals surface area (Å²) < 4.78 is 0. The maximum absolute atomic E-state index is 13.5. The molecule has 3 heterocycles. The molecule has 1 N–H and O–H groups in total. The van der Waals surface area contributed by atoms with Crippen LogP contribution in [0.2, 0.25) is 0 Å². The van der Waals surface area contributed by atoms with Crippen LogP contribution in [-0.2, 0) is 6.42 Å². The van der Waals surface area contributed by atoms with Crippen LogP contribution >= 0.6 is 0 Å². The number of nitrogens with one attached hydrogen (secondary N) is 1. The Hall–Kier alpha value is -3.32. The van der Waals surface area contributed by atoms with Crippen molar-refractivity contribution < 1.29 is 9.59 Å². The first-order valence-electron chi connectivity index (χ1n) is 12.9. The highest BCUT2D eigenvalue weighted by atomic mass is 16.2. The van der Waals surface area contributed by atoms with E-state index in [0.717, 1.165) is 66.2 Å². The maximum Gasteiger partial charge on any atom is 0.289 e. The Morgan fingerprint density at radius 3 is 2.46 bits per heavy atom. The van der Waals surface area contributed by atoms with Gasteiger partial charge < -0.3 is 9.88 Å². The molecule has 2 aliphatic carbocycles. The first-order chi connectivity index (χ1) is 17.2. The van der Waals surface area contributed by atoms with E-state index in [2.05, 4.69) is 20.9 Å². The Bertz CT molecular complexity index is 1240. The van der Waals surface area contributed by atoms with Crippen LogP contribution in [0.5, 0.6) is 0 Å². The lowest BCUT2D eigenvalue weighted by Gasteiger charge is -2.40. The average Bonchev–Trinajstić information content (AvgIpc) is 3.53. The number of ketones is 1. The standard InChI is InChI=1S/C28H31N5O2/c34-24-9-7-20-18-21(6-8-23(20)24)26-25(19-10-12-29-13-11-19)30-27(31-26)28(35)33-16-14-32(15-17-33)22-4-2-1-3-5-22/h6,8,10-13,18,22H,1-5,7,9,14-17H2,(H,30,31). The minimum absolute atomic E-state index is 0.0498. The number of imidazole rings is 1. The van der Waals surface area contributed by atoms with Crippen molar-refractivity contribution in [3.05, 3.63) is 59.7 Å². The Balaban J connectivity index is 1.27. The van der Waals surface area contributed by atoms with Gasteiger partial charge in [0.1, 0.15) is 0 Å². The second-order valence-corrected chi connectivity index (χ2v) is 9.96. The summed E-state index contributed by atoms with van der Waals surface area (Å²) in [5.74, 6) is 0.520. The normalized spacial score (nSPS) is 19.2. The van der Waals surface area contributed by atoms with Crippen LogP contribution in [0.25, 0.3) is 22.5 Å². The van der Waals surface area contributed by atoms with Crippen molar-refractivity contribution in [3.8, 4) is 22.5 Å². The number of H-pyrrole nitrogens is 1. The fourth-order valence-electron chi connectivity index (χ4n) is 5.90. The summed E-state index contributed by atoms with van der Waals surface area (Å²) in [5, 5.41) is 0. The van der Waals surface area contributed by atoms with Crippen molar-refractivity contribution in [1.29, 1.82) is 0 Å². The molecular formula is C28H31N5O2. The van der Waals surface area contributed by atoms with Gasteiger partial charge in [-0.25, -0.2) is 4.98 Å². The second kappa shape index (κ2) is 9.38. The number of nitrogens with zero attached hydrogens (tertiary/aromatic N) is 4. The average molecular weight is 470 g/mol. The quantitative estimate of drug-likeness (QED) is 0.614. The van der Waals surface area contributed by atoms with Crippen molar-refractivity contribution in [3.63, 3.8) is 0 Å². The van der Waals surface area contributed by atoms with Crippen LogP contribution in [0.1, 0.15) is 65.1 Å². The molecule has 0 bridgehead atoms. The lowest BCUT2D eigenvalue weighted by molar-refractivity contribution is 0.0514. The monoisotopic (exact) mass is 469 g/mol. The summed E-state index contributed by atoms with van der Waals surface area (Å²) in [7, 11) is 0. The Kier molecular flexibility index (Phi) is 5.94. The van der Waals surface area contributed by atoms with Gasteiger partial charge in [0, 0.05) is 67.7 Å². The number of carbonyl (C=O) groups is 2. The molecule has 6 rings (SSSR count). The first kappa shape index (κ1) is 22.2. The summed E-state index contributed by atoms with van der Waals surface area (Å²) in [6.07, 6.45) is 11.4. The molecule has 1 saturated heterocycles. The van der Waals surface area contributed by atoms with E-state index in [1.807, 2.05) is 29.2 Å². The number of aromatic nitrogens is 3. The number of Topliss-reactive ketones (excluding diaryl/α,β-unsaturated/α-hetero) is 1. The third-order valence-corrected chi connectivity index (χ3v) is 7.87. The lowest BCUT2D eigenvalue weighted by atomic mass is 9.94. The van der Waals surface area contributed by atoms with Crippen molar-refractivity contribution >= 4 is 11.7 Å². The third-order valence-electron chi connectivity index (χ3n) is 7.87. The van der Waals surface area contributed by atoms with E-state index in [4.69, 9.17) is 4.98 Å². The van der Waals surface area contributed by atoms with Crippen molar-refractivity contribution in [2.24, 2.45) is 0 Å². The molecule has 35 heavy (non-hydrogen) atoms. The molecule has 7 heteroatoms. The van der Waals surface area contributed by atoms with Gasteiger partial charge in [-0.2, -0.15) is 0 Å². The molecule has 0 unspecified atom stereocenters. The highest BCUT2D eigenvalue weighted by Crippen LogP contribution is 2.33. The third kappa shape index (κ3) is 4.29. The fraction of sp³-hybridized carbons (Fsp3) is 0.429. The molecule has 1 saturated carbocycles. The zero-order chi connectivity index (χ0) is 23.8. The van der Waals surface area contributed by atoms with E-state index in [1.54, 1.807) is 12.4 Å². The van der Waals surface area contributed by atoms with E-state index >= 15 is 0 Å². The minimum atomic E-state index is -0.0498. The van der Waals surface area contributed by atoms with Gasteiger partial charge in [0.15, 0.2) is 11.6 Å². The number of benzene rings is 1. The number of aryl methyl sites for hydroxylation is 1. The highest BCUT2D eigenvalue weighted by molar-refractivity contribution is 6.01. The van der Waals surface area contributed by atoms with Gasteiger partial charge in [-0.3, -0.25) is 19.5 Å². The Morgan fingerprint density at radius 2 is 1.69 bits per heavy atom. The topological polar surface area (TPSA) is 82.2 Å². The van der Waals surface area contributed by atoms with E-state index in [0.29, 0.717) is 18.3 Å². The molecule has 3 aliphatic rings. The molecule has 3 aromatic rings. The molecule has 0 spiro atoms. The Morgan fingerprint density at radius 1 is 0.914 bits per heavy atom. The first-order valence-corrected chi connectivity index (χ1v) is 12.9. The van der Waals surface area contributed by atoms with Gasteiger partial charge in [0.05, 0.1) is 11.4 Å². The van der Waals surface area contributed by atoms with Crippen LogP contribution in [0, 0.1) is 0 Å². The van der Waals surface area contributed by atoms with E-state index in [1.165, 1.54) is 32.1 Å².